The molecule has 0 spiro atoms. The molecule has 6 heteroatoms. The number of benzene rings is 3. The molecule has 38 heavy (non-hydrogen) atoms. The van der Waals surface area contributed by atoms with Gasteiger partial charge in [0.05, 0.1) is 29.7 Å². The fourth-order valence-electron chi connectivity index (χ4n) is 5.58. The Morgan fingerprint density at radius 2 is 1.61 bits per heavy atom. The highest BCUT2D eigenvalue weighted by atomic mass is 16.2. The maximum atomic E-state index is 14.1. The second-order valence-electron chi connectivity index (χ2n) is 9.90. The van der Waals surface area contributed by atoms with Crippen LogP contribution in [-0.4, -0.2) is 25.3 Å². The first-order chi connectivity index (χ1) is 18.5. The van der Waals surface area contributed by atoms with Crippen molar-refractivity contribution in [1.82, 2.24) is 19.2 Å². The fraction of sp³-hybridized carbons (Fsp3) is 0.188. The van der Waals surface area contributed by atoms with E-state index in [1.165, 1.54) is 0 Å². The molecule has 0 fully saturated rings. The molecule has 3 aromatic carbocycles. The lowest BCUT2D eigenvalue weighted by atomic mass is 10.0. The summed E-state index contributed by atoms with van der Waals surface area (Å²) in [6, 6.07) is 30.3. The van der Waals surface area contributed by atoms with Crippen molar-refractivity contribution in [3.05, 3.63) is 131 Å². The van der Waals surface area contributed by atoms with Gasteiger partial charge in [-0.1, -0.05) is 61.5 Å². The van der Waals surface area contributed by atoms with Crippen LogP contribution in [-0.2, 0) is 13.0 Å². The van der Waals surface area contributed by atoms with Crippen LogP contribution in [0.1, 0.15) is 46.6 Å². The smallest absolute Gasteiger partial charge is 0.308 e. The predicted octanol–water partition coefficient (Wildman–Crippen LogP) is 6.98. The van der Waals surface area contributed by atoms with E-state index in [0.717, 1.165) is 57.3 Å². The molecule has 2 aromatic heterocycles. The van der Waals surface area contributed by atoms with Crippen LogP contribution in [0.15, 0.2) is 97.2 Å². The molecule has 1 aliphatic heterocycles. The Labute approximate surface area is 223 Å². The van der Waals surface area contributed by atoms with E-state index >= 15 is 0 Å². The molecule has 190 valence electrons. The SMILES string of the molecule is CCc1nn(-c2ccccc2)c2c1CN(C(=O)Nc1cc(C)cc(C)c1)[C@H](c1ccccc1)c1cccn1-2. The van der Waals surface area contributed by atoms with Gasteiger partial charge in [0.25, 0.3) is 0 Å². The highest BCUT2D eigenvalue weighted by Crippen LogP contribution is 2.39. The van der Waals surface area contributed by atoms with Crippen molar-refractivity contribution in [1.29, 1.82) is 0 Å². The van der Waals surface area contributed by atoms with Gasteiger partial charge in [0.2, 0.25) is 0 Å². The Morgan fingerprint density at radius 1 is 0.921 bits per heavy atom. The van der Waals surface area contributed by atoms with Crippen molar-refractivity contribution < 1.29 is 4.79 Å². The van der Waals surface area contributed by atoms with Crippen LogP contribution in [0, 0.1) is 13.8 Å². The fourth-order valence-corrected chi connectivity index (χ4v) is 5.58. The Bertz CT molecular complexity index is 1580. The summed E-state index contributed by atoms with van der Waals surface area (Å²) in [7, 11) is 0. The Balaban J connectivity index is 1.54. The first-order valence-corrected chi connectivity index (χ1v) is 13.1. The van der Waals surface area contributed by atoms with E-state index in [4.69, 9.17) is 5.10 Å². The minimum atomic E-state index is -0.279. The number of amides is 2. The third-order valence-corrected chi connectivity index (χ3v) is 7.15. The Morgan fingerprint density at radius 3 is 2.29 bits per heavy atom. The van der Waals surface area contributed by atoms with Crippen LogP contribution in [0.4, 0.5) is 10.5 Å². The molecule has 0 unspecified atom stereocenters. The first-order valence-electron chi connectivity index (χ1n) is 13.1. The van der Waals surface area contributed by atoms with Gasteiger partial charge in [0, 0.05) is 17.4 Å². The van der Waals surface area contributed by atoms with Crippen molar-refractivity contribution in [3.63, 3.8) is 0 Å². The normalized spacial score (nSPS) is 14.5. The summed E-state index contributed by atoms with van der Waals surface area (Å²) in [6.07, 6.45) is 2.84. The van der Waals surface area contributed by atoms with Crippen LogP contribution in [0.3, 0.4) is 0 Å². The molecule has 0 aliphatic carbocycles. The van der Waals surface area contributed by atoms with Gasteiger partial charge in [-0.25, -0.2) is 9.48 Å². The van der Waals surface area contributed by atoms with Crippen molar-refractivity contribution >= 4 is 11.7 Å². The van der Waals surface area contributed by atoms with Crippen molar-refractivity contribution in [2.45, 2.75) is 39.8 Å². The van der Waals surface area contributed by atoms with Crippen LogP contribution in [0.25, 0.3) is 11.5 Å². The summed E-state index contributed by atoms with van der Waals surface area (Å²) in [5.41, 5.74) is 8.15. The molecule has 0 radical (unpaired) electrons. The lowest BCUT2D eigenvalue weighted by Gasteiger charge is -2.31. The number of hydrogen-bond donors (Lipinski definition) is 1. The molecule has 1 N–H and O–H groups in total. The number of fused-ring (bicyclic) bond motifs is 3. The van der Waals surface area contributed by atoms with Crippen LogP contribution < -0.4 is 5.32 Å². The molecule has 3 heterocycles. The summed E-state index contributed by atoms with van der Waals surface area (Å²) in [5, 5.41) is 8.24. The third-order valence-electron chi connectivity index (χ3n) is 7.15. The van der Waals surface area contributed by atoms with E-state index in [1.54, 1.807) is 0 Å². The van der Waals surface area contributed by atoms with Crippen molar-refractivity contribution in [3.8, 4) is 11.5 Å². The second-order valence-corrected chi connectivity index (χ2v) is 9.90. The number of anilines is 1. The second kappa shape index (κ2) is 9.71. The number of para-hydroxylation sites is 1. The molecular weight excluding hydrogens is 470 g/mol. The summed E-state index contributed by atoms with van der Waals surface area (Å²) in [4.78, 5) is 16.1. The van der Waals surface area contributed by atoms with Gasteiger partial charge in [0.15, 0.2) is 0 Å². The summed E-state index contributed by atoms with van der Waals surface area (Å²) in [6.45, 7) is 6.65. The third kappa shape index (κ3) is 4.18. The molecule has 2 amide bonds. The topological polar surface area (TPSA) is 55.1 Å². The summed E-state index contributed by atoms with van der Waals surface area (Å²) in [5.74, 6) is 0.982. The molecule has 6 nitrogen and oxygen atoms in total. The number of carbonyl (C=O) groups excluding carboxylic acids is 1. The van der Waals surface area contributed by atoms with E-state index in [2.05, 4.69) is 59.4 Å². The Kier molecular flexibility index (Phi) is 6.08. The van der Waals surface area contributed by atoms with Gasteiger partial charge in [-0.05, 0) is 73.4 Å². The number of aromatic nitrogens is 3. The summed E-state index contributed by atoms with van der Waals surface area (Å²) >= 11 is 0. The molecule has 0 saturated heterocycles. The molecule has 0 bridgehead atoms. The maximum Gasteiger partial charge on any atom is 0.322 e. The predicted molar refractivity (Wildman–Crippen MR) is 151 cm³/mol. The van der Waals surface area contributed by atoms with Gasteiger partial charge in [-0.3, -0.25) is 0 Å². The number of aryl methyl sites for hydroxylation is 3. The number of urea groups is 1. The highest BCUT2D eigenvalue weighted by molar-refractivity contribution is 5.90. The number of carbonyl (C=O) groups is 1. The molecular formula is C32H31N5O. The van der Waals surface area contributed by atoms with Gasteiger partial charge in [-0.15, -0.1) is 0 Å². The average molecular weight is 502 g/mol. The van der Waals surface area contributed by atoms with E-state index in [9.17, 15) is 4.79 Å². The number of rotatable bonds is 4. The van der Waals surface area contributed by atoms with Gasteiger partial charge in [0.1, 0.15) is 5.82 Å². The zero-order valence-electron chi connectivity index (χ0n) is 21.9. The van der Waals surface area contributed by atoms with Crippen LogP contribution in [0.2, 0.25) is 0 Å². The van der Waals surface area contributed by atoms with Crippen molar-refractivity contribution in [2.75, 3.05) is 5.32 Å². The van der Waals surface area contributed by atoms with Crippen molar-refractivity contribution in [2.24, 2.45) is 0 Å². The van der Waals surface area contributed by atoms with Gasteiger partial charge in [-0.2, -0.15) is 5.10 Å². The Hall–Kier alpha value is -4.58. The standard InChI is InChI=1S/C32H31N5O/c1-4-28-27-21-36(32(38)33-25-19-22(2)18-23(3)20-25)30(24-12-7-5-8-13-24)29-16-11-17-35(29)31(27)37(34-28)26-14-9-6-10-15-26/h5-20,30H,4,21H2,1-3H3,(H,33,38)/t30-/m1/s1. The molecule has 0 saturated carbocycles. The van der Waals surface area contributed by atoms with E-state index in [0.29, 0.717) is 6.54 Å². The lowest BCUT2D eigenvalue weighted by Crippen LogP contribution is -2.38. The summed E-state index contributed by atoms with van der Waals surface area (Å²) < 4.78 is 4.22. The number of hydrogen-bond acceptors (Lipinski definition) is 2. The molecule has 5 aromatic rings. The molecule has 1 aliphatic rings. The minimum absolute atomic E-state index is 0.140. The van der Waals surface area contributed by atoms with E-state index in [-0.39, 0.29) is 12.1 Å². The van der Waals surface area contributed by atoms with Gasteiger partial charge < -0.3 is 14.8 Å². The maximum absolute atomic E-state index is 14.1. The van der Waals surface area contributed by atoms with Crippen LogP contribution >= 0.6 is 0 Å². The van der Waals surface area contributed by atoms with E-state index < -0.39 is 0 Å². The average Bonchev–Trinajstić information content (AvgIpc) is 3.50. The molecule has 6 rings (SSSR count). The zero-order chi connectivity index (χ0) is 26.2. The highest BCUT2D eigenvalue weighted by Gasteiger charge is 2.36. The zero-order valence-corrected chi connectivity index (χ0v) is 21.9. The quantitative estimate of drug-likeness (QED) is 0.289. The first kappa shape index (κ1) is 23.8. The lowest BCUT2D eigenvalue weighted by molar-refractivity contribution is 0.194. The number of nitrogens with one attached hydrogen (secondary N) is 1. The largest absolute Gasteiger partial charge is 0.322 e. The minimum Gasteiger partial charge on any atom is -0.308 e. The number of nitrogens with zero attached hydrogens (tertiary/aromatic N) is 4. The van der Waals surface area contributed by atoms with Crippen LogP contribution in [0.5, 0.6) is 0 Å². The van der Waals surface area contributed by atoms with E-state index in [1.807, 2.05) is 78.0 Å². The van der Waals surface area contributed by atoms with Gasteiger partial charge >= 0.3 is 6.03 Å². The monoisotopic (exact) mass is 501 g/mol. The molecule has 1 atom stereocenters.